The molecule has 1 N–H and O–H groups in total. The zero-order chi connectivity index (χ0) is 15.4. The van der Waals surface area contributed by atoms with E-state index in [0.29, 0.717) is 29.2 Å². The number of anilines is 1. The van der Waals surface area contributed by atoms with Gasteiger partial charge in [-0.25, -0.2) is 4.39 Å². The van der Waals surface area contributed by atoms with Crippen molar-refractivity contribution in [3.8, 4) is 0 Å². The number of aliphatic hydroxyl groups excluding tert-OH is 1. The Kier molecular flexibility index (Phi) is 5.62. The van der Waals surface area contributed by atoms with Gasteiger partial charge in [-0.2, -0.15) is 0 Å². The van der Waals surface area contributed by atoms with Crippen LogP contribution in [0.1, 0.15) is 18.1 Å². The van der Waals surface area contributed by atoms with Crippen molar-refractivity contribution < 1.29 is 9.50 Å². The number of hydrogen-bond acceptors (Lipinski definition) is 2. The summed E-state index contributed by atoms with van der Waals surface area (Å²) < 4.78 is 14.5. The molecule has 0 fully saturated rings. The molecule has 0 aliphatic heterocycles. The Morgan fingerprint density at radius 2 is 2.00 bits per heavy atom. The summed E-state index contributed by atoms with van der Waals surface area (Å²) in [5, 5.41) is 10.8. The Morgan fingerprint density at radius 3 is 2.67 bits per heavy atom. The van der Waals surface area contributed by atoms with Gasteiger partial charge in [-0.1, -0.05) is 45.7 Å². The second-order valence-electron chi connectivity index (χ2n) is 4.84. The Hall–Kier alpha value is -1.10. The van der Waals surface area contributed by atoms with Crippen LogP contribution in [-0.4, -0.2) is 18.7 Å². The summed E-state index contributed by atoms with van der Waals surface area (Å²) in [5.41, 5.74) is 1.20. The van der Waals surface area contributed by atoms with Crippen LogP contribution in [0.15, 0.2) is 46.9 Å². The molecule has 1 unspecified atom stereocenters. The van der Waals surface area contributed by atoms with Crippen LogP contribution < -0.4 is 4.90 Å². The van der Waals surface area contributed by atoms with Gasteiger partial charge in [0.05, 0.1) is 11.8 Å². The first kappa shape index (κ1) is 16.3. The maximum absolute atomic E-state index is 13.7. The summed E-state index contributed by atoms with van der Waals surface area (Å²) in [4.78, 5) is 1.78. The monoisotopic (exact) mass is 371 g/mol. The van der Waals surface area contributed by atoms with Gasteiger partial charge in [-0.3, -0.25) is 0 Å². The molecule has 112 valence electrons. The fourth-order valence-electron chi connectivity index (χ4n) is 2.12. The number of rotatable bonds is 5. The van der Waals surface area contributed by atoms with Crippen molar-refractivity contribution in [1.82, 2.24) is 0 Å². The number of hydrogen-bond donors (Lipinski definition) is 1. The van der Waals surface area contributed by atoms with E-state index in [0.717, 1.165) is 4.47 Å². The summed E-state index contributed by atoms with van der Waals surface area (Å²) >= 11 is 9.45. The molecule has 0 bridgehead atoms. The molecule has 0 spiro atoms. The summed E-state index contributed by atoms with van der Waals surface area (Å²) in [7, 11) is 1.80. The van der Waals surface area contributed by atoms with E-state index < -0.39 is 6.10 Å². The molecule has 0 aliphatic rings. The van der Waals surface area contributed by atoms with Gasteiger partial charge >= 0.3 is 0 Å². The minimum atomic E-state index is -0.681. The van der Waals surface area contributed by atoms with Gasteiger partial charge in [0.15, 0.2) is 0 Å². The normalized spacial score (nSPS) is 12.2. The van der Waals surface area contributed by atoms with Crippen LogP contribution in [0, 0.1) is 5.82 Å². The molecule has 21 heavy (non-hydrogen) atoms. The van der Waals surface area contributed by atoms with Crippen LogP contribution in [0.5, 0.6) is 0 Å². The van der Waals surface area contributed by atoms with Crippen LogP contribution in [-0.2, 0) is 0 Å². The number of nitrogens with zero attached hydrogens (tertiary/aromatic N) is 1. The van der Waals surface area contributed by atoms with Crippen molar-refractivity contribution in [2.24, 2.45) is 0 Å². The SMILES string of the molecule is CN(CCC(O)c1ccc(Br)cc1Cl)c1ccccc1F. The second-order valence-corrected chi connectivity index (χ2v) is 6.17. The number of halogens is 3. The Labute approximate surface area is 137 Å². The average molecular weight is 373 g/mol. The predicted octanol–water partition coefficient (Wildman–Crippen LogP) is 4.80. The minimum Gasteiger partial charge on any atom is -0.388 e. The molecular weight excluding hydrogens is 357 g/mol. The van der Waals surface area contributed by atoms with E-state index in [1.165, 1.54) is 6.07 Å². The highest BCUT2D eigenvalue weighted by Crippen LogP contribution is 2.28. The highest BCUT2D eigenvalue weighted by molar-refractivity contribution is 9.10. The molecule has 2 aromatic rings. The standard InChI is InChI=1S/C16H16BrClFNO/c1-20(15-5-3-2-4-14(15)19)9-8-16(21)12-7-6-11(17)10-13(12)18/h2-7,10,16,21H,8-9H2,1H3. The van der Waals surface area contributed by atoms with E-state index in [4.69, 9.17) is 11.6 Å². The van der Waals surface area contributed by atoms with Crippen molar-refractivity contribution in [2.75, 3.05) is 18.5 Å². The second kappa shape index (κ2) is 7.25. The first-order chi connectivity index (χ1) is 9.99. The molecule has 0 heterocycles. The Bertz CT molecular complexity index is 623. The molecule has 0 aliphatic carbocycles. The van der Waals surface area contributed by atoms with Crippen LogP contribution in [0.4, 0.5) is 10.1 Å². The average Bonchev–Trinajstić information content (AvgIpc) is 2.45. The van der Waals surface area contributed by atoms with Crippen molar-refractivity contribution in [3.05, 3.63) is 63.3 Å². The molecular formula is C16H16BrClFNO. The molecule has 0 radical (unpaired) electrons. The van der Waals surface area contributed by atoms with E-state index >= 15 is 0 Å². The molecule has 2 aromatic carbocycles. The molecule has 2 nitrogen and oxygen atoms in total. The third-order valence-electron chi connectivity index (χ3n) is 3.32. The highest BCUT2D eigenvalue weighted by Gasteiger charge is 2.14. The Balaban J connectivity index is 2.01. The predicted molar refractivity (Wildman–Crippen MR) is 88.4 cm³/mol. The summed E-state index contributed by atoms with van der Waals surface area (Å²) in [6, 6.07) is 12.0. The fraction of sp³-hybridized carbons (Fsp3) is 0.250. The lowest BCUT2D eigenvalue weighted by molar-refractivity contribution is 0.170. The van der Waals surface area contributed by atoms with Gasteiger partial charge in [-0.15, -0.1) is 0 Å². The van der Waals surface area contributed by atoms with Gasteiger partial charge in [0, 0.05) is 23.1 Å². The van der Waals surface area contributed by atoms with Crippen molar-refractivity contribution in [3.63, 3.8) is 0 Å². The van der Waals surface area contributed by atoms with Crippen molar-refractivity contribution in [1.29, 1.82) is 0 Å². The minimum absolute atomic E-state index is 0.267. The first-order valence-electron chi connectivity index (χ1n) is 6.57. The lowest BCUT2D eigenvalue weighted by Gasteiger charge is -2.22. The quantitative estimate of drug-likeness (QED) is 0.815. The summed E-state index contributed by atoms with van der Waals surface area (Å²) in [6.45, 7) is 0.522. The lowest BCUT2D eigenvalue weighted by atomic mass is 10.1. The smallest absolute Gasteiger partial charge is 0.146 e. The van der Waals surface area contributed by atoms with Gasteiger partial charge in [0.2, 0.25) is 0 Å². The number of para-hydroxylation sites is 1. The largest absolute Gasteiger partial charge is 0.388 e. The van der Waals surface area contributed by atoms with E-state index in [1.54, 1.807) is 42.3 Å². The fourth-order valence-corrected chi connectivity index (χ4v) is 2.92. The maximum atomic E-state index is 13.7. The van der Waals surface area contributed by atoms with Crippen LogP contribution >= 0.6 is 27.5 Å². The van der Waals surface area contributed by atoms with E-state index in [9.17, 15) is 9.50 Å². The number of aliphatic hydroxyl groups is 1. The topological polar surface area (TPSA) is 23.5 Å². The van der Waals surface area contributed by atoms with Gasteiger partial charge in [0.1, 0.15) is 5.82 Å². The first-order valence-corrected chi connectivity index (χ1v) is 7.75. The summed E-state index contributed by atoms with van der Waals surface area (Å²) in [5.74, 6) is -0.267. The van der Waals surface area contributed by atoms with E-state index in [-0.39, 0.29) is 5.82 Å². The highest BCUT2D eigenvalue weighted by atomic mass is 79.9. The zero-order valence-corrected chi connectivity index (χ0v) is 13.9. The van der Waals surface area contributed by atoms with Crippen molar-refractivity contribution in [2.45, 2.75) is 12.5 Å². The molecule has 0 amide bonds. The van der Waals surface area contributed by atoms with E-state index in [1.807, 2.05) is 6.07 Å². The molecule has 2 rings (SSSR count). The van der Waals surface area contributed by atoms with Gasteiger partial charge in [-0.05, 0) is 36.2 Å². The molecule has 5 heteroatoms. The lowest BCUT2D eigenvalue weighted by Crippen LogP contribution is -2.21. The molecule has 1 atom stereocenters. The summed E-state index contributed by atoms with van der Waals surface area (Å²) in [6.07, 6.45) is -0.216. The molecule has 0 aromatic heterocycles. The molecule has 0 saturated heterocycles. The third kappa shape index (κ3) is 4.19. The van der Waals surface area contributed by atoms with Crippen LogP contribution in [0.3, 0.4) is 0 Å². The zero-order valence-electron chi connectivity index (χ0n) is 11.6. The van der Waals surface area contributed by atoms with Crippen LogP contribution in [0.25, 0.3) is 0 Å². The van der Waals surface area contributed by atoms with Crippen LogP contribution in [0.2, 0.25) is 5.02 Å². The Morgan fingerprint density at radius 1 is 1.29 bits per heavy atom. The third-order valence-corrected chi connectivity index (χ3v) is 4.14. The van der Waals surface area contributed by atoms with Gasteiger partial charge < -0.3 is 10.0 Å². The van der Waals surface area contributed by atoms with Crippen molar-refractivity contribution >= 4 is 33.2 Å². The number of benzene rings is 2. The maximum Gasteiger partial charge on any atom is 0.146 e. The van der Waals surface area contributed by atoms with Gasteiger partial charge in [0.25, 0.3) is 0 Å². The molecule has 0 saturated carbocycles. The van der Waals surface area contributed by atoms with E-state index in [2.05, 4.69) is 15.9 Å².